The first-order chi connectivity index (χ1) is 13.5. The van der Waals surface area contributed by atoms with Gasteiger partial charge in [0.05, 0.1) is 6.33 Å². The van der Waals surface area contributed by atoms with E-state index in [0.29, 0.717) is 11.6 Å². The Kier molecular flexibility index (Phi) is 3.68. The molecule has 0 radical (unpaired) electrons. The highest BCUT2D eigenvalue weighted by Crippen LogP contribution is 2.26. The van der Waals surface area contributed by atoms with Crippen LogP contribution in [-0.2, 0) is 5.41 Å². The Morgan fingerprint density at radius 3 is 2.82 bits per heavy atom. The van der Waals surface area contributed by atoms with Crippen molar-refractivity contribution in [2.24, 2.45) is 5.92 Å². The third-order valence-corrected chi connectivity index (χ3v) is 4.98. The lowest BCUT2D eigenvalue weighted by atomic mass is 9.96. The lowest BCUT2D eigenvalue weighted by molar-refractivity contribution is 0.423. The summed E-state index contributed by atoms with van der Waals surface area (Å²) in [5.41, 5.74) is 2.18. The van der Waals surface area contributed by atoms with E-state index in [1.807, 2.05) is 16.6 Å². The molecule has 0 unspecified atom stereocenters. The normalized spacial score (nSPS) is 15.3. The molecule has 28 heavy (non-hydrogen) atoms. The van der Waals surface area contributed by atoms with Crippen LogP contribution in [-0.4, -0.2) is 59.4 Å². The first-order valence-corrected chi connectivity index (χ1v) is 9.35. The van der Waals surface area contributed by atoms with Crippen molar-refractivity contribution >= 4 is 28.4 Å². The molecule has 0 bridgehead atoms. The van der Waals surface area contributed by atoms with Gasteiger partial charge in [0.15, 0.2) is 22.9 Å². The van der Waals surface area contributed by atoms with Crippen molar-refractivity contribution in [2.45, 2.75) is 26.2 Å². The molecule has 0 atom stereocenters. The van der Waals surface area contributed by atoms with Crippen molar-refractivity contribution in [2.75, 3.05) is 29.9 Å². The highest BCUT2D eigenvalue weighted by Gasteiger charge is 2.29. The van der Waals surface area contributed by atoms with Crippen LogP contribution >= 0.6 is 0 Å². The number of anilines is 2. The van der Waals surface area contributed by atoms with Gasteiger partial charge in [0.1, 0.15) is 17.7 Å². The Labute approximate surface area is 161 Å². The summed E-state index contributed by atoms with van der Waals surface area (Å²) < 4.78 is 1.86. The molecule has 0 aliphatic carbocycles. The number of hydrogen-bond donors (Lipinski definition) is 2. The molecule has 0 spiro atoms. The van der Waals surface area contributed by atoms with E-state index in [0.717, 1.165) is 48.3 Å². The summed E-state index contributed by atoms with van der Waals surface area (Å²) >= 11 is 0. The fourth-order valence-corrected chi connectivity index (χ4v) is 3.44. The molecule has 0 saturated carbocycles. The van der Waals surface area contributed by atoms with E-state index in [1.54, 1.807) is 6.33 Å². The molecule has 10 nitrogen and oxygen atoms in total. The molecule has 144 valence electrons. The van der Waals surface area contributed by atoms with E-state index in [4.69, 9.17) is 5.10 Å². The van der Waals surface area contributed by atoms with E-state index in [2.05, 4.69) is 61.1 Å². The molecule has 2 N–H and O–H groups in total. The fourth-order valence-electron chi connectivity index (χ4n) is 3.44. The topological polar surface area (TPSA) is 113 Å². The highest BCUT2D eigenvalue weighted by atomic mass is 15.4. The first-order valence-electron chi connectivity index (χ1n) is 9.35. The molecule has 0 amide bonds. The summed E-state index contributed by atoms with van der Waals surface area (Å²) in [6, 6.07) is 3.99. The molecule has 0 aromatic carbocycles. The second kappa shape index (κ2) is 6.11. The molecular formula is C18H22N10. The van der Waals surface area contributed by atoms with E-state index in [-0.39, 0.29) is 5.41 Å². The van der Waals surface area contributed by atoms with Crippen LogP contribution in [0.3, 0.4) is 0 Å². The van der Waals surface area contributed by atoms with Gasteiger partial charge < -0.3 is 15.2 Å². The first kappa shape index (κ1) is 16.8. The van der Waals surface area contributed by atoms with E-state index in [9.17, 15) is 0 Å². The SMILES string of the molecule is CC(C)(C)c1nnc2ccc(N3CC(CNc4ncnc5nc[nH]c45)C3)nn12. The molecule has 5 rings (SSSR count). The van der Waals surface area contributed by atoms with Gasteiger partial charge in [-0.15, -0.1) is 15.3 Å². The monoisotopic (exact) mass is 378 g/mol. The number of nitrogens with one attached hydrogen (secondary N) is 2. The minimum atomic E-state index is -0.109. The predicted molar refractivity (Wildman–Crippen MR) is 105 cm³/mol. The second-order valence-corrected chi connectivity index (χ2v) is 8.21. The van der Waals surface area contributed by atoms with Crippen molar-refractivity contribution in [1.29, 1.82) is 0 Å². The van der Waals surface area contributed by atoms with Crippen molar-refractivity contribution < 1.29 is 0 Å². The highest BCUT2D eigenvalue weighted by molar-refractivity contribution is 5.81. The van der Waals surface area contributed by atoms with Crippen LogP contribution in [0.1, 0.15) is 26.6 Å². The van der Waals surface area contributed by atoms with Gasteiger partial charge in [-0.1, -0.05) is 20.8 Å². The number of rotatable bonds is 4. The number of hydrogen-bond acceptors (Lipinski definition) is 8. The Morgan fingerprint density at radius 2 is 2.00 bits per heavy atom. The Hall–Kier alpha value is -3.30. The summed E-state index contributed by atoms with van der Waals surface area (Å²) in [6.07, 6.45) is 3.16. The number of imidazole rings is 1. The summed E-state index contributed by atoms with van der Waals surface area (Å²) in [4.78, 5) is 18.0. The molecule has 1 saturated heterocycles. The fraction of sp³-hybridized carbons (Fsp3) is 0.444. The summed E-state index contributed by atoms with van der Waals surface area (Å²) in [5, 5.41) is 16.7. The zero-order valence-corrected chi connectivity index (χ0v) is 16.1. The average Bonchev–Trinajstić information content (AvgIpc) is 3.26. The lowest BCUT2D eigenvalue weighted by Gasteiger charge is -2.40. The smallest absolute Gasteiger partial charge is 0.182 e. The quantitative estimate of drug-likeness (QED) is 0.551. The van der Waals surface area contributed by atoms with Gasteiger partial charge in [-0.2, -0.15) is 4.52 Å². The largest absolute Gasteiger partial charge is 0.368 e. The van der Waals surface area contributed by atoms with Gasteiger partial charge >= 0.3 is 0 Å². The minimum Gasteiger partial charge on any atom is -0.368 e. The van der Waals surface area contributed by atoms with Gasteiger partial charge in [-0.3, -0.25) is 0 Å². The van der Waals surface area contributed by atoms with Crippen molar-refractivity contribution in [3.8, 4) is 0 Å². The van der Waals surface area contributed by atoms with Crippen LogP contribution < -0.4 is 10.2 Å². The van der Waals surface area contributed by atoms with Crippen LogP contribution in [0.15, 0.2) is 24.8 Å². The maximum absolute atomic E-state index is 4.77. The zero-order chi connectivity index (χ0) is 19.3. The number of aromatic nitrogens is 8. The van der Waals surface area contributed by atoms with Crippen molar-refractivity contribution in [3.63, 3.8) is 0 Å². The second-order valence-electron chi connectivity index (χ2n) is 8.21. The minimum absolute atomic E-state index is 0.109. The van der Waals surface area contributed by atoms with Crippen molar-refractivity contribution in [1.82, 2.24) is 39.7 Å². The van der Waals surface area contributed by atoms with Crippen LogP contribution in [0, 0.1) is 5.92 Å². The van der Waals surface area contributed by atoms with Gasteiger partial charge in [-0.05, 0) is 12.1 Å². The van der Waals surface area contributed by atoms with Crippen molar-refractivity contribution in [3.05, 3.63) is 30.6 Å². The van der Waals surface area contributed by atoms with Crippen LogP contribution in [0.2, 0.25) is 0 Å². The number of aromatic amines is 1. The number of fused-ring (bicyclic) bond motifs is 2. The molecule has 1 aliphatic rings. The van der Waals surface area contributed by atoms with Gasteiger partial charge in [0.25, 0.3) is 0 Å². The molecule has 4 aromatic heterocycles. The summed E-state index contributed by atoms with van der Waals surface area (Å²) in [5.74, 6) is 3.13. The van der Waals surface area contributed by atoms with E-state index in [1.165, 1.54) is 6.33 Å². The van der Waals surface area contributed by atoms with Crippen LogP contribution in [0.4, 0.5) is 11.6 Å². The Balaban J connectivity index is 1.26. The molecular weight excluding hydrogens is 356 g/mol. The average molecular weight is 378 g/mol. The Morgan fingerprint density at radius 1 is 1.14 bits per heavy atom. The molecule has 1 fully saturated rings. The molecule has 1 aliphatic heterocycles. The Bertz CT molecular complexity index is 1130. The third-order valence-electron chi connectivity index (χ3n) is 4.98. The molecule has 10 heteroatoms. The van der Waals surface area contributed by atoms with Crippen LogP contribution in [0.5, 0.6) is 0 Å². The maximum Gasteiger partial charge on any atom is 0.182 e. The molecule has 5 heterocycles. The summed E-state index contributed by atoms with van der Waals surface area (Å²) in [7, 11) is 0. The van der Waals surface area contributed by atoms with Gasteiger partial charge in [-0.25, -0.2) is 15.0 Å². The molecule has 4 aromatic rings. The number of H-pyrrole nitrogens is 1. The maximum atomic E-state index is 4.77. The van der Waals surface area contributed by atoms with Gasteiger partial charge in [0.2, 0.25) is 0 Å². The van der Waals surface area contributed by atoms with E-state index < -0.39 is 0 Å². The summed E-state index contributed by atoms with van der Waals surface area (Å²) in [6.45, 7) is 9.07. The predicted octanol–water partition coefficient (Wildman–Crippen LogP) is 1.64. The van der Waals surface area contributed by atoms with Gasteiger partial charge in [0, 0.05) is 31.0 Å². The standard InChI is InChI=1S/C18H22N10/c1-18(2,3)17-25-24-12-4-5-13(26-28(12)17)27-7-11(8-27)6-19-15-14-16(21-9-20-14)23-10-22-15/h4-5,9-11H,6-8H2,1-3H3,(H2,19,20,21,22,23). The zero-order valence-electron chi connectivity index (χ0n) is 16.1. The van der Waals surface area contributed by atoms with E-state index >= 15 is 0 Å². The lowest BCUT2D eigenvalue weighted by Crippen LogP contribution is -2.50. The third kappa shape index (κ3) is 2.81. The number of nitrogens with zero attached hydrogens (tertiary/aromatic N) is 8. The van der Waals surface area contributed by atoms with Crippen LogP contribution in [0.25, 0.3) is 16.8 Å².